The Kier molecular flexibility index (Phi) is 3.93. The summed E-state index contributed by atoms with van der Waals surface area (Å²) < 4.78 is 49.4. The van der Waals surface area contributed by atoms with E-state index in [9.17, 15) is 18.0 Å². The molecule has 2 rings (SSSR count). The predicted molar refractivity (Wildman–Crippen MR) is 64.3 cm³/mol. The first-order valence-electron chi connectivity index (χ1n) is 5.52. The molecule has 2 aromatic carbocycles. The standard InChI is InChI=1S/C14H9F3O3/c1-19-10-6-11(16)13(12(17)7-10)14(18)20-9-4-2-8(15)3-5-9/h2-7H,1H3. The van der Waals surface area contributed by atoms with Crippen molar-refractivity contribution in [3.05, 3.63) is 59.4 Å². The van der Waals surface area contributed by atoms with Crippen molar-refractivity contribution in [2.24, 2.45) is 0 Å². The third-order valence-electron chi connectivity index (χ3n) is 2.48. The maximum Gasteiger partial charge on any atom is 0.349 e. The van der Waals surface area contributed by atoms with Crippen molar-refractivity contribution in [2.45, 2.75) is 0 Å². The fourth-order valence-electron chi connectivity index (χ4n) is 1.52. The Labute approximate surface area is 112 Å². The Morgan fingerprint density at radius 1 is 0.950 bits per heavy atom. The molecule has 0 radical (unpaired) electrons. The molecule has 3 nitrogen and oxygen atoms in total. The second kappa shape index (κ2) is 5.64. The minimum atomic E-state index is -1.21. The van der Waals surface area contributed by atoms with E-state index in [1.807, 2.05) is 0 Å². The van der Waals surface area contributed by atoms with Gasteiger partial charge >= 0.3 is 5.97 Å². The van der Waals surface area contributed by atoms with Crippen molar-refractivity contribution < 1.29 is 27.4 Å². The Morgan fingerprint density at radius 2 is 1.50 bits per heavy atom. The Hall–Kier alpha value is -2.50. The van der Waals surface area contributed by atoms with E-state index in [1.54, 1.807) is 0 Å². The van der Waals surface area contributed by atoms with Gasteiger partial charge in [0.05, 0.1) is 7.11 Å². The molecule has 0 bridgehead atoms. The van der Waals surface area contributed by atoms with Crippen LogP contribution in [-0.4, -0.2) is 13.1 Å². The summed E-state index contributed by atoms with van der Waals surface area (Å²) in [6.45, 7) is 0. The predicted octanol–water partition coefficient (Wildman–Crippen LogP) is 3.33. The number of ether oxygens (including phenoxy) is 2. The van der Waals surface area contributed by atoms with Crippen molar-refractivity contribution in [1.82, 2.24) is 0 Å². The molecule has 0 saturated carbocycles. The molecule has 104 valence electrons. The van der Waals surface area contributed by atoms with E-state index in [0.717, 1.165) is 24.3 Å². The summed E-state index contributed by atoms with van der Waals surface area (Å²) in [5, 5.41) is 0. The molecule has 0 fully saturated rings. The number of rotatable bonds is 3. The Bertz CT molecular complexity index is 616. The van der Waals surface area contributed by atoms with Crippen LogP contribution in [0.1, 0.15) is 10.4 Å². The molecule has 0 aliphatic heterocycles. The van der Waals surface area contributed by atoms with Crippen LogP contribution in [-0.2, 0) is 0 Å². The fraction of sp³-hybridized carbons (Fsp3) is 0.0714. The number of carbonyl (C=O) groups excluding carboxylic acids is 1. The average Bonchev–Trinajstić information content (AvgIpc) is 2.40. The van der Waals surface area contributed by atoms with E-state index in [2.05, 4.69) is 4.74 Å². The maximum absolute atomic E-state index is 13.6. The molecular weight excluding hydrogens is 273 g/mol. The molecule has 0 aliphatic carbocycles. The van der Waals surface area contributed by atoms with Gasteiger partial charge in [-0.25, -0.2) is 18.0 Å². The van der Waals surface area contributed by atoms with Gasteiger partial charge in [-0.1, -0.05) is 0 Å². The van der Waals surface area contributed by atoms with Crippen LogP contribution >= 0.6 is 0 Å². The first-order valence-corrected chi connectivity index (χ1v) is 5.52. The second-order valence-electron chi connectivity index (χ2n) is 3.81. The molecule has 0 amide bonds. The van der Waals surface area contributed by atoms with Crippen LogP contribution in [0.25, 0.3) is 0 Å². The van der Waals surface area contributed by atoms with E-state index in [-0.39, 0.29) is 11.5 Å². The van der Waals surface area contributed by atoms with Gasteiger partial charge < -0.3 is 9.47 Å². The number of esters is 1. The van der Waals surface area contributed by atoms with Crippen LogP contribution in [0, 0.1) is 17.5 Å². The highest BCUT2D eigenvalue weighted by Gasteiger charge is 2.21. The van der Waals surface area contributed by atoms with Crippen molar-refractivity contribution in [3.63, 3.8) is 0 Å². The van der Waals surface area contributed by atoms with Gasteiger partial charge in [-0.3, -0.25) is 0 Å². The third kappa shape index (κ3) is 2.90. The van der Waals surface area contributed by atoms with Gasteiger partial charge in [0.25, 0.3) is 0 Å². The van der Waals surface area contributed by atoms with Gasteiger partial charge in [0.2, 0.25) is 0 Å². The van der Waals surface area contributed by atoms with Crippen LogP contribution in [0.4, 0.5) is 13.2 Å². The summed E-state index contributed by atoms with van der Waals surface area (Å²) in [6, 6.07) is 6.19. The van der Waals surface area contributed by atoms with E-state index < -0.39 is 29.0 Å². The minimum Gasteiger partial charge on any atom is -0.497 e. The molecule has 0 unspecified atom stereocenters. The van der Waals surface area contributed by atoms with Gasteiger partial charge in [0.1, 0.15) is 34.5 Å². The Balaban J connectivity index is 2.27. The molecule has 0 spiro atoms. The number of hydrogen-bond donors (Lipinski definition) is 0. The molecule has 0 aliphatic rings. The highest BCUT2D eigenvalue weighted by molar-refractivity contribution is 5.91. The van der Waals surface area contributed by atoms with E-state index in [1.165, 1.54) is 19.2 Å². The summed E-state index contributed by atoms with van der Waals surface area (Å²) in [5.41, 5.74) is -0.838. The van der Waals surface area contributed by atoms with Gasteiger partial charge in [-0.05, 0) is 24.3 Å². The van der Waals surface area contributed by atoms with Crippen molar-refractivity contribution in [3.8, 4) is 11.5 Å². The molecule has 0 N–H and O–H groups in total. The van der Waals surface area contributed by atoms with Gasteiger partial charge in [-0.15, -0.1) is 0 Å². The van der Waals surface area contributed by atoms with Crippen molar-refractivity contribution in [2.75, 3.05) is 7.11 Å². The number of methoxy groups -OCH3 is 1. The summed E-state index contributed by atoms with van der Waals surface area (Å²) in [7, 11) is 1.24. The molecule has 0 heterocycles. The lowest BCUT2D eigenvalue weighted by Gasteiger charge is -2.08. The number of halogens is 3. The monoisotopic (exact) mass is 282 g/mol. The fourth-order valence-corrected chi connectivity index (χ4v) is 1.52. The summed E-state index contributed by atoms with van der Waals surface area (Å²) >= 11 is 0. The molecule has 0 saturated heterocycles. The lowest BCUT2D eigenvalue weighted by Crippen LogP contribution is -2.13. The molecule has 6 heteroatoms. The normalized spacial score (nSPS) is 10.2. The lowest BCUT2D eigenvalue weighted by atomic mass is 10.2. The number of hydrogen-bond acceptors (Lipinski definition) is 3. The van der Waals surface area contributed by atoms with Crippen LogP contribution in [0.3, 0.4) is 0 Å². The molecular formula is C14H9F3O3. The SMILES string of the molecule is COc1cc(F)c(C(=O)Oc2ccc(F)cc2)c(F)c1. The summed E-state index contributed by atoms with van der Waals surface area (Å²) in [6.07, 6.45) is 0. The summed E-state index contributed by atoms with van der Waals surface area (Å²) in [4.78, 5) is 11.7. The zero-order valence-electron chi connectivity index (χ0n) is 10.3. The largest absolute Gasteiger partial charge is 0.497 e. The van der Waals surface area contributed by atoms with Crippen LogP contribution in [0.2, 0.25) is 0 Å². The summed E-state index contributed by atoms with van der Waals surface area (Å²) in [5.74, 6) is -4.02. The number of benzene rings is 2. The van der Waals surface area contributed by atoms with Crippen LogP contribution in [0.15, 0.2) is 36.4 Å². The van der Waals surface area contributed by atoms with E-state index in [4.69, 9.17) is 4.74 Å². The zero-order valence-corrected chi connectivity index (χ0v) is 10.3. The zero-order chi connectivity index (χ0) is 14.7. The van der Waals surface area contributed by atoms with Crippen LogP contribution < -0.4 is 9.47 Å². The average molecular weight is 282 g/mol. The van der Waals surface area contributed by atoms with Crippen molar-refractivity contribution >= 4 is 5.97 Å². The molecule has 0 atom stereocenters. The quantitative estimate of drug-likeness (QED) is 0.640. The molecule has 20 heavy (non-hydrogen) atoms. The minimum absolute atomic E-state index is 0.0222. The topological polar surface area (TPSA) is 35.5 Å². The highest BCUT2D eigenvalue weighted by Crippen LogP contribution is 2.22. The van der Waals surface area contributed by atoms with E-state index >= 15 is 0 Å². The second-order valence-corrected chi connectivity index (χ2v) is 3.81. The van der Waals surface area contributed by atoms with Crippen LogP contribution in [0.5, 0.6) is 11.5 Å². The third-order valence-corrected chi connectivity index (χ3v) is 2.48. The number of carbonyl (C=O) groups is 1. The highest BCUT2D eigenvalue weighted by atomic mass is 19.1. The Morgan fingerprint density at radius 3 is 2.00 bits per heavy atom. The molecule has 2 aromatic rings. The van der Waals surface area contributed by atoms with E-state index in [0.29, 0.717) is 0 Å². The van der Waals surface area contributed by atoms with Gasteiger partial charge in [0.15, 0.2) is 0 Å². The first-order chi connectivity index (χ1) is 9.51. The first kappa shape index (κ1) is 13.9. The maximum atomic E-state index is 13.6. The molecule has 0 aromatic heterocycles. The smallest absolute Gasteiger partial charge is 0.349 e. The van der Waals surface area contributed by atoms with Crippen molar-refractivity contribution in [1.29, 1.82) is 0 Å². The van der Waals surface area contributed by atoms with Gasteiger partial charge in [0, 0.05) is 12.1 Å². The van der Waals surface area contributed by atoms with Gasteiger partial charge in [-0.2, -0.15) is 0 Å². The lowest BCUT2D eigenvalue weighted by molar-refractivity contribution is 0.0724.